The summed E-state index contributed by atoms with van der Waals surface area (Å²) in [7, 11) is 1.46. The van der Waals surface area contributed by atoms with Gasteiger partial charge in [0.2, 0.25) is 5.95 Å². The van der Waals surface area contributed by atoms with Crippen molar-refractivity contribution in [1.29, 1.82) is 0 Å². The highest BCUT2D eigenvalue weighted by molar-refractivity contribution is 6.31. The molecule has 20 heavy (non-hydrogen) atoms. The first kappa shape index (κ1) is 14.6. The Bertz CT molecular complexity index is 642. The van der Waals surface area contributed by atoms with Crippen LogP contribution >= 0.6 is 23.2 Å². The zero-order valence-electron chi connectivity index (χ0n) is 10.8. The molecule has 0 atom stereocenters. The molecule has 0 saturated heterocycles. The highest BCUT2D eigenvalue weighted by Gasteiger charge is 2.14. The zero-order chi connectivity index (χ0) is 14.7. The minimum absolute atomic E-state index is 0.136. The molecule has 2 rings (SSSR count). The van der Waals surface area contributed by atoms with Gasteiger partial charge in [-0.05, 0) is 31.2 Å². The van der Waals surface area contributed by atoms with E-state index in [1.807, 2.05) is 0 Å². The van der Waals surface area contributed by atoms with E-state index in [9.17, 15) is 4.79 Å². The van der Waals surface area contributed by atoms with Crippen LogP contribution in [0.3, 0.4) is 0 Å². The van der Waals surface area contributed by atoms with E-state index in [-0.39, 0.29) is 11.1 Å². The van der Waals surface area contributed by atoms with Crippen LogP contribution in [0, 0.1) is 6.92 Å². The van der Waals surface area contributed by atoms with E-state index in [1.54, 1.807) is 31.2 Å². The summed E-state index contributed by atoms with van der Waals surface area (Å²) < 4.78 is 5.12. The molecule has 1 amide bonds. The molecule has 0 aliphatic rings. The minimum atomic E-state index is -0.403. The van der Waals surface area contributed by atoms with Gasteiger partial charge in [0, 0.05) is 10.7 Å². The smallest absolute Gasteiger partial charge is 0.261 e. The molecule has 0 aliphatic heterocycles. The molecule has 0 aliphatic carbocycles. The Morgan fingerprint density at radius 2 is 2.00 bits per heavy atom. The van der Waals surface area contributed by atoms with Gasteiger partial charge in [0.1, 0.15) is 10.9 Å². The Balaban J connectivity index is 2.28. The number of hydrogen-bond donors (Lipinski definition) is 1. The van der Waals surface area contributed by atoms with Crippen LogP contribution < -0.4 is 10.1 Å². The molecule has 0 spiro atoms. The van der Waals surface area contributed by atoms with Gasteiger partial charge in [0.25, 0.3) is 5.91 Å². The molecule has 0 unspecified atom stereocenters. The lowest BCUT2D eigenvalue weighted by molar-refractivity contribution is 0.102. The number of benzene rings is 1. The van der Waals surface area contributed by atoms with Crippen molar-refractivity contribution in [2.24, 2.45) is 0 Å². The number of anilines is 1. The monoisotopic (exact) mass is 311 g/mol. The van der Waals surface area contributed by atoms with E-state index in [1.165, 1.54) is 7.11 Å². The molecule has 1 aromatic heterocycles. The fourth-order valence-electron chi connectivity index (χ4n) is 1.61. The highest BCUT2D eigenvalue weighted by atomic mass is 35.5. The number of aromatic nitrogens is 2. The number of methoxy groups -OCH3 is 1. The van der Waals surface area contributed by atoms with Gasteiger partial charge in [-0.15, -0.1) is 0 Å². The Kier molecular flexibility index (Phi) is 4.42. The second kappa shape index (κ2) is 6.07. The number of aryl methyl sites for hydroxylation is 1. The third-order valence-corrected chi connectivity index (χ3v) is 2.89. The van der Waals surface area contributed by atoms with E-state index in [2.05, 4.69) is 15.3 Å². The molecule has 0 bridgehead atoms. The fraction of sp³-hybridized carbons (Fsp3) is 0.154. The lowest BCUT2D eigenvalue weighted by Crippen LogP contribution is -2.15. The van der Waals surface area contributed by atoms with Crippen LogP contribution in [0.4, 0.5) is 5.95 Å². The normalized spacial score (nSPS) is 10.2. The van der Waals surface area contributed by atoms with E-state index in [0.29, 0.717) is 22.0 Å². The summed E-state index contributed by atoms with van der Waals surface area (Å²) in [5, 5.41) is 3.31. The van der Waals surface area contributed by atoms with E-state index in [4.69, 9.17) is 27.9 Å². The van der Waals surface area contributed by atoms with Crippen LogP contribution in [-0.2, 0) is 0 Å². The number of hydrogen-bond acceptors (Lipinski definition) is 4. The van der Waals surface area contributed by atoms with Crippen LogP contribution in [0.5, 0.6) is 5.75 Å². The molecular formula is C13H11Cl2N3O2. The third kappa shape index (κ3) is 3.37. The maximum Gasteiger partial charge on any atom is 0.261 e. The molecule has 1 heterocycles. The topological polar surface area (TPSA) is 64.1 Å². The van der Waals surface area contributed by atoms with Crippen molar-refractivity contribution in [1.82, 2.24) is 9.97 Å². The van der Waals surface area contributed by atoms with E-state index >= 15 is 0 Å². The molecule has 1 N–H and O–H groups in total. The average molecular weight is 312 g/mol. The summed E-state index contributed by atoms with van der Waals surface area (Å²) in [5.74, 6) is 0.103. The summed E-state index contributed by atoms with van der Waals surface area (Å²) in [6.45, 7) is 1.76. The summed E-state index contributed by atoms with van der Waals surface area (Å²) in [5.41, 5.74) is 0.987. The van der Waals surface area contributed by atoms with Crippen molar-refractivity contribution in [2.45, 2.75) is 6.92 Å². The first-order chi connectivity index (χ1) is 9.49. The largest absolute Gasteiger partial charge is 0.496 e. The van der Waals surface area contributed by atoms with Gasteiger partial charge in [0.05, 0.1) is 12.7 Å². The maximum atomic E-state index is 12.2. The number of halogens is 2. The molecule has 1 aromatic carbocycles. The van der Waals surface area contributed by atoms with Crippen molar-refractivity contribution in [3.05, 3.63) is 45.7 Å². The van der Waals surface area contributed by atoms with Gasteiger partial charge in [-0.1, -0.05) is 23.2 Å². The second-order valence-corrected chi connectivity index (χ2v) is 4.78. The molecule has 0 fully saturated rings. The number of nitrogens with zero attached hydrogens (tertiary/aromatic N) is 2. The predicted octanol–water partition coefficient (Wildman–Crippen LogP) is 3.35. The number of rotatable bonds is 3. The van der Waals surface area contributed by atoms with Crippen molar-refractivity contribution in [3.8, 4) is 5.75 Å². The summed E-state index contributed by atoms with van der Waals surface area (Å²) in [6, 6.07) is 6.32. The fourth-order valence-corrected chi connectivity index (χ4v) is 2.01. The number of carbonyl (C=O) groups is 1. The molecule has 5 nitrogen and oxygen atoms in total. The minimum Gasteiger partial charge on any atom is -0.496 e. The van der Waals surface area contributed by atoms with Crippen LogP contribution in [0.2, 0.25) is 10.2 Å². The Morgan fingerprint density at radius 3 is 2.65 bits per heavy atom. The first-order valence-corrected chi connectivity index (χ1v) is 6.41. The summed E-state index contributed by atoms with van der Waals surface area (Å²) >= 11 is 11.7. The average Bonchev–Trinajstić information content (AvgIpc) is 2.37. The molecule has 0 radical (unpaired) electrons. The number of amides is 1. The van der Waals surface area contributed by atoms with Gasteiger partial charge in [0.15, 0.2) is 0 Å². The SMILES string of the molecule is COc1cc(Cl)ccc1C(=O)Nc1nc(C)cc(Cl)n1. The van der Waals surface area contributed by atoms with E-state index < -0.39 is 5.91 Å². The molecule has 7 heteroatoms. The first-order valence-electron chi connectivity index (χ1n) is 5.65. The standard InChI is InChI=1S/C13H11Cl2N3O2/c1-7-5-11(15)17-13(16-7)18-12(19)9-4-3-8(14)6-10(9)20-2/h3-6H,1-2H3,(H,16,17,18,19). The molecular weight excluding hydrogens is 301 g/mol. The second-order valence-electron chi connectivity index (χ2n) is 3.95. The van der Waals surface area contributed by atoms with Crippen LogP contribution in [0.1, 0.15) is 16.1 Å². The van der Waals surface area contributed by atoms with Gasteiger partial charge in [-0.25, -0.2) is 9.97 Å². The lowest BCUT2D eigenvalue weighted by atomic mass is 10.2. The van der Waals surface area contributed by atoms with E-state index in [0.717, 1.165) is 0 Å². The van der Waals surface area contributed by atoms with Gasteiger partial charge in [-0.3, -0.25) is 10.1 Å². The van der Waals surface area contributed by atoms with Gasteiger partial charge in [-0.2, -0.15) is 0 Å². The van der Waals surface area contributed by atoms with Gasteiger partial charge < -0.3 is 4.74 Å². The third-order valence-electron chi connectivity index (χ3n) is 2.46. The van der Waals surface area contributed by atoms with Gasteiger partial charge >= 0.3 is 0 Å². The zero-order valence-corrected chi connectivity index (χ0v) is 12.3. The van der Waals surface area contributed by atoms with Crippen molar-refractivity contribution < 1.29 is 9.53 Å². The number of nitrogens with one attached hydrogen (secondary N) is 1. The Hall–Kier alpha value is -1.85. The lowest BCUT2D eigenvalue weighted by Gasteiger charge is -2.09. The molecule has 0 saturated carbocycles. The van der Waals surface area contributed by atoms with Crippen LogP contribution in [-0.4, -0.2) is 23.0 Å². The van der Waals surface area contributed by atoms with Crippen molar-refractivity contribution in [2.75, 3.05) is 12.4 Å². The predicted molar refractivity (Wildman–Crippen MR) is 77.7 cm³/mol. The van der Waals surface area contributed by atoms with Crippen molar-refractivity contribution >= 4 is 35.1 Å². The van der Waals surface area contributed by atoms with Crippen LogP contribution in [0.25, 0.3) is 0 Å². The number of ether oxygens (including phenoxy) is 1. The summed E-state index contributed by atoms with van der Waals surface area (Å²) in [6.07, 6.45) is 0. The quantitative estimate of drug-likeness (QED) is 0.883. The van der Waals surface area contributed by atoms with Crippen LogP contribution in [0.15, 0.2) is 24.3 Å². The Labute approximate surface area is 125 Å². The summed E-state index contributed by atoms with van der Waals surface area (Å²) in [4.78, 5) is 20.2. The maximum absolute atomic E-state index is 12.2. The highest BCUT2D eigenvalue weighted by Crippen LogP contribution is 2.23. The molecule has 104 valence electrons. The Morgan fingerprint density at radius 1 is 1.25 bits per heavy atom. The molecule has 2 aromatic rings. The van der Waals surface area contributed by atoms with Crippen molar-refractivity contribution in [3.63, 3.8) is 0 Å². The number of carbonyl (C=O) groups excluding carboxylic acids is 1.